The number of imide groups is 1. The highest BCUT2D eigenvalue weighted by Crippen LogP contribution is 2.53. The van der Waals surface area contributed by atoms with E-state index in [-0.39, 0.29) is 37.4 Å². The topological polar surface area (TPSA) is 149 Å². The van der Waals surface area contributed by atoms with Gasteiger partial charge in [-0.05, 0) is 80.5 Å². The molecule has 2 aliphatic carbocycles. The molecule has 2 aromatic carbocycles. The standard InChI is InChI=1S/C43H45ClF2N10O4.C3H6/c1-47-33-21-37(52-56-36(40(58)48-2)23-50-39(33)56)54-17-12-30-29(4-3-5-34(30)54)32-9-6-26(22-49-32)24-53-19-16-42(43(45,46)25-53)14-10-27(11-15-42)60-28-7-8-31(44)35(20-28)55-18-13-38(57)51-41(55)59;1-2-3-1/h3-9,20-23,27,47H,10-19,24-25H2,1-2H3,(H,48,58)(H,51,57,59);1-3H2. The Bertz CT molecular complexity index is 2540. The fourth-order valence-corrected chi connectivity index (χ4v) is 9.48. The molecule has 3 N–H and O–H groups in total. The maximum atomic E-state index is 16.1. The van der Waals surface area contributed by atoms with Gasteiger partial charge in [0.15, 0.2) is 17.2 Å². The Kier molecular flexibility index (Phi) is 11.7. The third-order valence-electron chi connectivity index (χ3n) is 12.9. The predicted molar refractivity (Wildman–Crippen MR) is 237 cm³/mol. The molecule has 2 saturated carbocycles. The van der Waals surface area contributed by atoms with Gasteiger partial charge in [-0.25, -0.2) is 23.1 Å². The van der Waals surface area contributed by atoms with Crippen LogP contribution in [0.4, 0.5) is 36.5 Å². The molecule has 3 aliphatic heterocycles. The number of piperidine rings is 1. The van der Waals surface area contributed by atoms with Crippen molar-refractivity contribution in [3.05, 3.63) is 88.8 Å². The van der Waals surface area contributed by atoms with Gasteiger partial charge in [-0.1, -0.05) is 49.1 Å². The van der Waals surface area contributed by atoms with E-state index in [4.69, 9.17) is 26.4 Å². The fraction of sp³-hybridized carbons (Fsp3) is 0.435. The molecule has 0 bridgehead atoms. The van der Waals surface area contributed by atoms with Crippen molar-refractivity contribution in [2.45, 2.75) is 82.8 Å². The molecule has 5 aliphatic rings. The second kappa shape index (κ2) is 17.4. The Balaban J connectivity index is 0.00000161. The predicted octanol–water partition coefficient (Wildman–Crippen LogP) is 8.01. The highest BCUT2D eigenvalue weighted by Gasteiger charge is 2.57. The number of nitrogens with zero attached hydrogens (tertiary/aromatic N) is 7. The van der Waals surface area contributed by atoms with Gasteiger partial charge in [0.25, 0.3) is 11.8 Å². The summed E-state index contributed by atoms with van der Waals surface area (Å²) < 4.78 is 40.1. The van der Waals surface area contributed by atoms with Gasteiger partial charge >= 0.3 is 6.03 Å². The number of aromatic nitrogens is 4. The number of imidazole rings is 1. The van der Waals surface area contributed by atoms with E-state index in [1.54, 1.807) is 36.0 Å². The number of pyridine rings is 1. The number of alkyl halides is 2. The molecule has 5 aromatic rings. The largest absolute Gasteiger partial charge is 0.490 e. The number of halogens is 3. The smallest absolute Gasteiger partial charge is 0.328 e. The molecule has 0 unspecified atom stereocenters. The van der Waals surface area contributed by atoms with Crippen molar-refractivity contribution in [2.75, 3.05) is 55.4 Å². The maximum Gasteiger partial charge on any atom is 0.328 e. The van der Waals surface area contributed by atoms with Crippen molar-refractivity contribution in [1.82, 2.24) is 35.1 Å². The summed E-state index contributed by atoms with van der Waals surface area (Å²) in [5.41, 5.74) is 5.80. The highest BCUT2D eigenvalue weighted by molar-refractivity contribution is 6.34. The highest BCUT2D eigenvalue weighted by atomic mass is 35.5. The molecular weight excluding hydrogens is 830 g/mol. The lowest BCUT2D eigenvalue weighted by molar-refractivity contribution is -0.189. The van der Waals surface area contributed by atoms with Crippen LogP contribution in [-0.4, -0.2) is 94.6 Å². The maximum absolute atomic E-state index is 16.1. The van der Waals surface area contributed by atoms with Gasteiger partial charge in [-0.3, -0.25) is 29.7 Å². The summed E-state index contributed by atoms with van der Waals surface area (Å²) >= 11 is 6.40. The van der Waals surface area contributed by atoms with Crippen LogP contribution in [0.15, 0.2) is 67.0 Å². The number of urea groups is 1. The number of carbonyl (C=O) groups excluding carboxylic acids is 3. The number of benzene rings is 2. The number of carbonyl (C=O) groups is 3. The van der Waals surface area contributed by atoms with E-state index in [1.807, 2.05) is 36.2 Å². The van der Waals surface area contributed by atoms with E-state index >= 15 is 8.78 Å². The molecular formula is C46H51ClF2N10O4. The summed E-state index contributed by atoms with van der Waals surface area (Å²) in [6, 6.07) is 16.5. The van der Waals surface area contributed by atoms with Crippen molar-refractivity contribution in [3.8, 4) is 17.0 Å². The van der Waals surface area contributed by atoms with Crippen LogP contribution in [-0.2, 0) is 17.8 Å². The number of hydrogen-bond donors (Lipinski definition) is 3. The molecule has 4 fully saturated rings. The van der Waals surface area contributed by atoms with Crippen molar-refractivity contribution >= 4 is 58.0 Å². The molecule has 3 aromatic heterocycles. The molecule has 0 radical (unpaired) electrons. The van der Waals surface area contributed by atoms with Crippen LogP contribution in [0.5, 0.6) is 5.75 Å². The molecule has 0 atom stereocenters. The van der Waals surface area contributed by atoms with Gasteiger partial charge in [-0.2, -0.15) is 0 Å². The average Bonchev–Trinajstić information content (AvgIpc) is 4.01. The Morgan fingerprint density at radius 3 is 2.41 bits per heavy atom. The molecule has 10 rings (SSSR count). The van der Waals surface area contributed by atoms with Gasteiger partial charge in [0, 0.05) is 75.1 Å². The number of fused-ring (bicyclic) bond motifs is 2. The molecule has 6 heterocycles. The minimum atomic E-state index is -2.87. The van der Waals surface area contributed by atoms with Crippen LogP contribution in [0.3, 0.4) is 0 Å². The van der Waals surface area contributed by atoms with E-state index in [2.05, 4.69) is 38.0 Å². The van der Waals surface area contributed by atoms with Gasteiger partial charge < -0.3 is 20.3 Å². The zero-order chi connectivity index (χ0) is 43.9. The zero-order valence-corrected chi connectivity index (χ0v) is 36.2. The van der Waals surface area contributed by atoms with Crippen LogP contribution in [0.1, 0.15) is 79.4 Å². The Hall–Kier alpha value is -5.87. The monoisotopic (exact) mass is 880 g/mol. The van der Waals surface area contributed by atoms with Crippen LogP contribution >= 0.6 is 11.6 Å². The lowest BCUT2D eigenvalue weighted by Crippen LogP contribution is -2.57. The summed E-state index contributed by atoms with van der Waals surface area (Å²) in [6.07, 6.45) is 10.6. The molecule has 1 spiro atoms. The molecule has 14 nitrogen and oxygen atoms in total. The Morgan fingerprint density at radius 2 is 1.71 bits per heavy atom. The number of likely N-dealkylation sites (tertiary alicyclic amines) is 1. The van der Waals surface area contributed by atoms with Crippen molar-refractivity contribution in [2.24, 2.45) is 5.41 Å². The Morgan fingerprint density at radius 1 is 0.921 bits per heavy atom. The lowest BCUT2D eigenvalue weighted by atomic mass is 9.65. The van der Waals surface area contributed by atoms with Crippen molar-refractivity contribution in [1.29, 1.82) is 0 Å². The lowest BCUT2D eigenvalue weighted by Gasteiger charge is -2.50. The van der Waals surface area contributed by atoms with Crippen LogP contribution in [0.2, 0.25) is 5.02 Å². The first-order chi connectivity index (χ1) is 30.5. The van der Waals surface area contributed by atoms with E-state index in [9.17, 15) is 14.4 Å². The number of hydrogen-bond acceptors (Lipinski definition) is 10. The molecule has 4 amide bonds. The van der Waals surface area contributed by atoms with Crippen LogP contribution in [0.25, 0.3) is 16.9 Å². The summed E-state index contributed by atoms with van der Waals surface area (Å²) in [6.45, 7) is 1.51. The SMILES string of the molecule is C1CC1.CNC(=O)c1cnc2c(NC)cc(N3CCc4c(-c5ccc(CN6CCC7(CCC(Oc8ccc(Cl)c(N9CCC(=O)NC9=O)c8)CC7)C(F)(F)C6)cn5)cccc43)nn12. The van der Waals surface area contributed by atoms with Crippen molar-refractivity contribution < 1.29 is 27.9 Å². The fourth-order valence-electron chi connectivity index (χ4n) is 9.26. The number of nitrogens with one attached hydrogen (secondary N) is 3. The van der Waals surface area contributed by atoms with E-state index < -0.39 is 17.4 Å². The van der Waals surface area contributed by atoms with Crippen molar-refractivity contribution in [3.63, 3.8) is 0 Å². The molecule has 17 heteroatoms. The second-order valence-electron chi connectivity index (χ2n) is 17.1. The molecule has 63 heavy (non-hydrogen) atoms. The van der Waals surface area contributed by atoms with Crippen LogP contribution in [0, 0.1) is 5.41 Å². The third kappa shape index (κ3) is 8.50. The number of rotatable bonds is 9. The first-order valence-corrected chi connectivity index (χ1v) is 22.1. The number of anilines is 4. The number of ether oxygens (including phenoxy) is 1. The van der Waals surface area contributed by atoms with Gasteiger partial charge in [0.05, 0.1) is 40.9 Å². The Labute approximate surface area is 369 Å². The number of amides is 4. The van der Waals surface area contributed by atoms with E-state index in [0.29, 0.717) is 85.4 Å². The van der Waals surface area contributed by atoms with Gasteiger partial charge in [0.2, 0.25) is 5.91 Å². The first kappa shape index (κ1) is 42.4. The summed E-state index contributed by atoms with van der Waals surface area (Å²) in [4.78, 5) is 51.2. The van der Waals surface area contributed by atoms with Gasteiger partial charge in [-0.15, -0.1) is 5.10 Å². The average molecular weight is 881 g/mol. The van der Waals surface area contributed by atoms with Crippen LogP contribution < -0.4 is 30.5 Å². The van der Waals surface area contributed by atoms with E-state index in [1.165, 1.54) is 30.4 Å². The minimum absolute atomic E-state index is 0.164. The van der Waals surface area contributed by atoms with Gasteiger partial charge in [0.1, 0.15) is 5.75 Å². The summed E-state index contributed by atoms with van der Waals surface area (Å²) in [5.74, 6) is -2.32. The third-order valence-corrected chi connectivity index (χ3v) is 13.2. The van der Waals surface area contributed by atoms with E-state index in [0.717, 1.165) is 40.2 Å². The summed E-state index contributed by atoms with van der Waals surface area (Å²) in [7, 11) is 3.38. The molecule has 330 valence electrons. The minimum Gasteiger partial charge on any atom is -0.490 e. The normalized spacial score (nSPS) is 21.7. The quantitative estimate of drug-likeness (QED) is 0.133. The zero-order valence-electron chi connectivity index (χ0n) is 35.4. The molecule has 2 saturated heterocycles. The first-order valence-electron chi connectivity index (χ1n) is 21.8. The second-order valence-corrected chi connectivity index (χ2v) is 17.5. The summed E-state index contributed by atoms with van der Waals surface area (Å²) in [5, 5.41) is 13.3.